The van der Waals surface area contributed by atoms with Gasteiger partial charge in [0.15, 0.2) is 5.75 Å². The first kappa shape index (κ1) is 19.2. The number of hydrogen-bond acceptors (Lipinski definition) is 5. The number of carbonyl (C=O) groups excluding carboxylic acids is 1. The SMILES string of the molecule is Cc1c(Oc2c(Cl)cc(-n3ncc(=O)[nH]c3=O)cc2Cl)ccc2c1CCNC2=O. The lowest BCUT2D eigenvalue weighted by atomic mass is 9.95. The molecule has 1 aromatic heterocycles. The maximum atomic E-state index is 12.0. The van der Waals surface area contributed by atoms with E-state index in [4.69, 9.17) is 27.9 Å². The van der Waals surface area contributed by atoms with Gasteiger partial charge in [-0.15, -0.1) is 0 Å². The minimum atomic E-state index is -0.720. The first-order valence-electron chi connectivity index (χ1n) is 8.62. The van der Waals surface area contributed by atoms with E-state index in [9.17, 15) is 14.4 Å². The average Bonchev–Trinajstić information content (AvgIpc) is 2.66. The van der Waals surface area contributed by atoms with Crippen LogP contribution in [0.3, 0.4) is 0 Å². The van der Waals surface area contributed by atoms with Gasteiger partial charge in [-0.05, 0) is 48.7 Å². The van der Waals surface area contributed by atoms with Crippen LogP contribution >= 0.6 is 23.2 Å². The van der Waals surface area contributed by atoms with Crippen LogP contribution in [0.2, 0.25) is 10.0 Å². The maximum Gasteiger partial charge on any atom is 0.349 e. The Labute approximate surface area is 174 Å². The maximum absolute atomic E-state index is 12.0. The summed E-state index contributed by atoms with van der Waals surface area (Å²) in [4.78, 5) is 37.2. The van der Waals surface area contributed by atoms with Crippen LogP contribution in [0, 0.1) is 6.92 Å². The predicted molar refractivity (Wildman–Crippen MR) is 108 cm³/mol. The molecule has 1 amide bonds. The van der Waals surface area contributed by atoms with E-state index in [2.05, 4.69) is 15.4 Å². The lowest BCUT2D eigenvalue weighted by Gasteiger charge is -2.21. The third-order valence-electron chi connectivity index (χ3n) is 4.61. The second-order valence-corrected chi connectivity index (χ2v) is 7.23. The number of halogens is 2. The molecule has 3 aromatic rings. The Hall–Kier alpha value is -3.10. The number of carbonyl (C=O) groups is 1. The molecule has 2 heterocycles. The first-order valence-corrected chi connectivity index (χ1v) is 9.37. The van der Waals surface area contributed by atoms with E-state index in [0.29, 0.717) is 24.3 Å². The van der Waals surface area contributed by atoms with Gasteiger partial charge in [-0.25, -0.2) is 4.79 Å². The van der Waals surface area contributed by atoms with Crippen molar-refractivity contribution in [2.45, 2.75) is 13.3 Å². The summed E-state index contributed by atoms with van der Waals surface area (Å²) in [6.07, 6.45) is 1.67. The smallest absolute Gasteiger partial charge is 0.349 e. The molecule has 10 heteroatoms. The van der Waals surface area contributed by atoms with E-state index in [1.165, 1.54) is 12.1 Å². The molecule has 8 nitrogen and oxygen atoms in total. The molecule has 0 bridgehead atoms. The van der Waals surface area contributed by atoms with Crippen LogP contribution in [0.1, 0.15) is 21.5 Å². The van der Waals surface area contributed by atoms with E-state index < -0.39 is 11.2 Å². The lowest BCUT2D eigenvalue weighted by Crippen LogP contribution is -2.32. The van der Waals surface area contributed by atoms with Crippen molar-refractivity contribution in [3.05, 3.63) is 78.0 Å². The normalized spacial score (nSPS) is 13.0. The number of aromatic amines is 1. The topological polar surface area (TPSA) is 106 Å². The fourth-order valence-electron chi connectivity index (χ4n) is 3.19. The molecule has 0 atom stereocenters. The van der Waals surface area contributed by atoms with Crippen LogP contribution in [0.25, 0.3) is 5.69 Å². The molecule has 0 spiro atoms. The van der Waals surface area contributed by atoms with E-state index in [-0.39, 0.29) is 27.4 Å². The number of amides is 1. The predicted octanol–water partition coefficient (Wildman–Crippen LogP) is 2.61. The van der Waals surface area contributed by atoms with E-state index in [1.807, 2.05) is 6.92 Å². The zero-order valence-corrected chi connectivity index (χ0v) is 16.6. The molecule has 0 aliphatic carbocycles. The Morgan fingerprint density at radius 1 is 1.14 bits per heavy atom. The summed E-state index contributed by atoms with van der Waals surface area (Å²) in [6, 6.07) is 6.30. The molecule has 2 N–H and O–H groups in total. The zero-order valence-electron chi connectivity index (χ0n) is 15.1. The van der Waals surface area contributed by atoms with Crippen molar-refractivity contribution in [3.63, 3.8) is 0 Å². The van der Waals surface area contributed by atoms with Gasteiger partial charge in [0.1, 0.15) is 11.9 Å². The summed E-state index contributed by atoms with van der Waals surface area (Å²) in [5.74, 6) is 0.618. The highest BCUT2D eigenvalue weighted by molar-refractivity contribution is 6.37. The summed E-state index contributed by atoms with van der Waals surface area (Å²) in [7, 11) is 0. The molecule has 148 valence electrons. The summed E-state index contributed by atoms with van der Waals surface area (Å²) >= 11 is 12.7. The standard InChI is InChI=1S/C19H14Cl2N4O4/c1-9-11-4-5-22-18(27)12(11)2-3-15(9)29-17-13(20)6-10(7-14(17)21)25-19(28)24-16(26)8-23-25/h2-3,6-8H,4-5H2,1H3,(H,22,27)(H,24,26,28). The van der Waals surface area contributed by atoms with Crippen molar-refractivity contribution >= 4 is 29.1 Å². The van der Waals surface area contributed by atoms with E-state index in [0.717, 1.165) is 22.0 Å². The fraction of sp³-hybridized carbons (Fsp3) is 0.158. The van der Waals surface area contributed by atoms with Crippen LogP contribution in [0.5, 0.6) is 11.5 Å². The number of benzene rings is 2. The van der Waals surface area contributed by atoms with Crippen molar-refractivity contribution in [3.8, 4) is 17.2 Å². The Morgan fingerprint density at radius 2 is 1.86 bits per heavy atom. The molecule has 0 saturated carbocycles. The van der Waals surface area contributed by atoms with Crippen LogP contribution in [0.15, 0.2) is 40.1 Å². The second-order valence-electron chi connectivity index (χ2n) is 6.41. The van der Waals surface area contributed by atoms with E-state index in [1.54, 1.807) is 12.1 Å². The quantitative estimate of drug-likeness (QED) is 0.661. The molecule has 0 fully saturated rings. The zero-order chi connectivity index (χ0) is 20.7. The van der Waals surface area contributed by atoms with Crippen molar-refractivity contribution in [1.29, 1.82) is 0 Å². The van der Waals surface area contributed by atoms with Crippen molar-refractivity contribution in [1.82, 2.24) is 20.1 Å². The van der Waals surface area contributed by atoms with Gasteiger partial charge in [-0.2, -0.15) is 9.78 Å². The molecule has 29 heavy (non-hydrogen) atoms. The number of ether oxygens (including phenoxy) is 1. The van der Waals surface area contributed by atoms with Crippen LogP contribution in [-0.2, 0) is 6.42 Å². The van der Waals surface area contributed by atoms with Gasteiger partial charge in [-0.3, -0.25) is 14.6 Å². The summed E-state index contributed by atoms with van der Waals surface area (Å²) in [6.45, 7) is 2.43. The van der Waals surface area contributed by atoms with Gasteiger partial charge in [-0.1, -0.05) is 23.2 Å². The Bertz CT molecular complexity index is 1240. The van der Waals surface area contributed by atoms with Gasteiger partial charge in [0, 0.05) is 12.1 Å². The minimum Gasteiger partial charge on any atom is -0.454 e. The molecule has 1 aliphatic heterocycles. The molecule has 0 radical (unpaired) electrons. The van der Waals surface area contributed by atoms with Gasteiger partial charge in [0.05, 0.1) is 15.7 Å². The molecule has 2 aromatic carbocycles. The monoisotopic (exact) mass is 432 g/mol. The third-order valence-corrected chi connectivity index (χ3v) is 5.17. The van der Waals surface area contributed by atoms with Gasteiger partial charge in [0.25, 0.3) is 11.5 Å². The van der Waals surface area contributed by atoms with Crippen molar-refractivity contribution in [2.75, 3.05) is 6.54 Å². The number of fused-ring (bicyclic) bond motifs is 1. The highest BCUT2D eigenvalue weighted by atomic mass is 35.5. The van der Waals surface area contributed by atoms with Gasteiger partial charge in [0.2, 0.25) is 0 Å². The molecular weight excluding hydrogens is 419 g/mol. The third kappa shape index (κ3) is 3.52. The second kappa shape index (κ2) is 7.38. The van der Waals surface area contributed by atoms with Gasteiger partial charge < -0.3 is 10.1 Å². The summed E-state index contributed by atoms with van der Waals surface area (Å²) in [5, 5.41) is 6.89. The number of aromatic nitrogens is 3. The number of rotatable bonds is 3. The number of H-pyrrole nitrogens is 1. The molecule has 4 rings (SSSR count). The van der Waals surface area contributed by atoms with Crippen LogP contribution < -0.4 is 21.3 Å². The highest BCUT2D eigenvalue weighted by Gasteiger charge is 2.21. The van der Waals surface area contributed by atoms with Crippen LogP contribution in [0.4, 0.5) is 0 Å². The summed E-state index contributed by atoms with van der Waals surface area (Å²) < 4.78 is 6.92. The van der Waals surface area contributed by atoms with E-state index >= 15 is 0 Å². The number of nitrogens with zero attached hydrogens (tertiary/aromatic N) is 2. The summed E-state index contributed by atoms with van der Waals surface area (Å²) in [5.41, 5.74) is 1.30. The Kier molecular flexibility index (Phi) is 4.89. The lowest BCUT2D eigenvalue weighted by molar-refractivity contribution is 0.0945. The average molecular weight is 433 g/mol. The Balaban J connectivity index is 1.73. The van der Waals surface area contributed by atoms with Crippen molar-refractivity contribution < 1.29 is 9.53 Å². The van der Waals surface area contributed by atoms with Crippen molar-refractivity contribution in [2.24, 2.45) is 0 Å². The van der Waals surface area contributed by atoms with Crippen LogP contribution in [-0.4, -0.2) is 27.2 Å². The molecule has 0 saturated heterocycles. The first-order chi connectivity index (χ1) is 13.8. The minimum absolute atomic E-state index is 0.111. The highest BCUT2D eigenvalue weighted by Crippen LogP contribution is 2.40. The largest absolute Gasteiger partial charge is 0.454 e. The molecular formula is C19H14Cl2N4O4. The molecule has 0 unspecified atom stereocenters. The fourth-order valence-corrected chi connectivity index (χ4v) is 3.74. The Morgan fingerprint density at radius 3 is 2.55 bits per heavy atom. The number of nitrogens with one attached hydrogen (secondary N) is 2. The van der Waals surface area contributed by atoms with Gasteiger partial charge >= 0.3 is 5.69 Å². The number of hydrogen-bond donors (Lipinski definition) is 2. The molecule has 1 aliphatic rings.